The Kier molecular flexibility index (Phi) is 3.06. The first kappa shape index (κ1) is 10.0. The van der Waals surface area contributed by atoms with Gasteiger partial charge in [-0.25, -0.2) is 4.79 Å². The lowest BCUT2D eigenvalue weighted by Gasteiger charge is -2.05. The van der Waals surface area contributed by atoms with E-state index < -0.39 is 5.97 Å². The normalized spacial score (nSPS) is 10.4. The van der Waals surface area contributed by atoms with Crippen LogP contribution in [0.1, 0.15) is 15.9 Å². The topological polar surface area (TPSA) is 81.9 Å². The van der Waals surface area contributed by atoms with Gasteiger partial charge in [0.2, 0.25) is 0 Å². The number of aromatic carboxylic acids is 1. The molecule has 0 heterocycles. The van der Waals surface area contributed by atoms with Crippen molar-refractivity contribution in [2.45, 2.75) is 0 Å². The van der Waals surface area contributed by atoms with Gasteiger partial charge >= 0.3 is 5.97 Å². The third kappa shape index (κ3) is 2.01. The minimum Gasteiger partial charge on any atom is -0.478 e. The van der Waals surface area contributed by atoms with Crippen molar-refractivity contribution >= 4 is 17.9 Å². The summed E-state index contributed by atoms with van der Waals surface area (Å²) in [6, 6.07) is 4.69. The summed E-state index contributed by atoms with van der Waals surface area (Å²) in [6.45, 7) is 0. The van der Waals surface area contributed by atoms with Crippen LogP contribution >= 0.6 is 0 Å². The summed E-state index contributed by atoms with van der Waals surface area (Å²) in [6.07, 6.45) is 1.17. The fourth-order valence-corrected chi connectivity index (χ4v) is 1.10. The number of benzene rings is 1. The van der Waals surface area contributed by atoms with Crippen LogP contribution in [0.2, 0.25) is 0 Å². The molecule has 1 rings (SSSR count). The minimum atomic E-state index is -1.03. The molecule has 0 aliphatic carbocycles. The molecule has 0 radical (unpaired) electrons. The fourth-order valence-electron chi connectivity index (χ4n) is 1.10. The maximum absolute atomic E-state index is 10.8. The highest BCUT2D eigenvalue weighted by Gasteiger charge is 2.08. The van der Waals surface area contributed by atoms with Crippen LogP contribution in [0.5, 0.6) is 0 Å². The second kappa shape index (κ2) is 4.27. The molecule has 74 valence electrons. The Bertz CT molecular complexity index is 374. The number of carbonyl (C=O) groups is 1. The summed E-state index contributed by atoms with van der Waals surface area (Å²) in [5, 5.41) is 22.7. The highest BCUT2D eigenvalue weighted by molar-refractivity contribution is 5.96. The van der Waals surface area contributed by atoms with Gasteiger partial charge in [0.25, 0.3) is 0 Å². The first-order chi connectivity index (χ1) is 6.69. The van der Waals surface area contributed by atoms with Gasteiger partial charge in [0.05, 0.1) is 11.8 Å². The van der Waals surface area contributed by atoms with Crippen LogP contribution in [0.4, 0.5) is 5.69 Å². The predicted octanol–water partition coefficient (Wildman–Crippen LogP) is 1.23. The number of hydrogen-bond donors (Lipinski definition) is 3. The van der Waals surface area contributed by atoms with Crippen molar-refractivity contribution in [1.82, 2.24) is 0 Å². The van der Waals surface area contributed by atoms with Gasteiger partial charge < -0.3 is 15.6 Å². The lowest BCUT2D eigenvalue weighted by molar-refractivity contribution is 0.0698. The van der Waals surface area contributed by atoms with E-state index in [-0.39, 0.29) is 5.56 Å². The van der Waals surface area contributed by atoms with E-state index >= 15 is 0 Å². The second-order valence-corrected chi connectivity index (χ2v) is 2.60. The number of carboxylic acid groups (broad SMARTS) is 1. The molecule has 0 aromatic heterocycles. The number of oxime groups is 1. The number of nitrogens with one attached hydrogen (secondary N) is 1. The molecule has 0 saturated carbocycles. The first-order valence-electron chi connectivity index (χ1n) is 3.91. The van der Waals surface area contributed by atoms with Gasteiger partial charge in [-0.05, 0) is 17.7 Å². The molecular weight excluding hydrogens is 184 g/mol. The van der Waals surface area contributed by atoms with Crippen LogP contribution in [0.25, 0.3) is 0 Å². The highest BCUT2D eigenvalue weighted by Crippen LogP contribution is 2.16. The van der Waals surface area contributed by atoms with Crippen LogP contribution in [-0.2, 0) is 0 Å². The molecule has 1 aromatic rings. The van der Waals surface area contributed by atoms with Crippen LogP contribution in [-0.4, -0.2) is 29.5 Å². The Morgan fingerprint density at radius 2 is 2.29 bits per heavy atom. The van der Waals surface area contributed by atoms with E-state index in [1.54, 1.807) is 19.2 Å². The summed E-state index contributed by atoms with van der Waals surface area (Å²) in [4.78, 5) is 10.8. The maximum atomic E-state index is 10.8. The smallest absolute Gasteiger partial charge is 0.337 e. The molecule has 0 unspecified atom stereocenters. The van der Waals surface area contributed by atoms with Crippen molar-refractivity contribution in [2.75, 3.05) is 12.4 Å². The molecule has 0 aliphatic rings. The van der Waals surface area contributed by atoms with Gasteiger partial charge in [-0.3, -0.25) is 0 Å². The minimum absolute atomic E-state index is 0.143. The summed E-state index contributed by atoms with van der Waals surface area (Å²) in [5.74, 6) is -1.03. The average molecular weight is 194 g/mol. The zero-order valence-electron chi connectivity index (χ0n) is 7.56. The number of rotatable bonds is 3. The van der Waals surface area contributed by atoms with E-state index in [0.29, 0.717) is 11.3 Å². The van der Waals surface area contributed by atoms with Crippen molar-refractivity contribution in [2.24, 2.45) is 5.16 Å². The second-order valence-electron chi connectivity index (χ2n) is 2.60. The predicted molar refractivity (Wildman–Crippen MR) is 52.3 cm³/mol. The van der Waals surface area contributed by atoms with Crippen LogP contribution in [0.3, 0.4) is 0 Å². The van der Waals surface area contributed by atoms with Crippen LogP contribution in [0.15, 0.2) is 23.4 Å². The van der Waals surface area contributed by atoms with E-state index in [9.17, 15) is 4.79 Å². The number of hydrogen-bond acceptors (Lipinski definition) is 4. The Balaban J connectivity index is 3.20. The van der Waals surface area contributed by atoms with E-state index in [2.05, 4.69) is 10.5 Å². The van der Waals surface area contributed by atoms with Crippen molar-refractivity contribution in [3.63, 3.8) is 0 Å². The van der Waals surface area contributed by atoms with E-state index in [1.165, 1.54) is 12.3 Å². The summed E-state index contributed by atoms with van der Waals surface area (Å²) < 4.78 is 0. The van der Waals surface area contributed by atoms with Gasteiger partial charge in [-0.2, -0.15) is 0 Å². The van der Waals surface area contributed by atoms with E-state index in [1.807, 2.05) is 0 Å². The third-order valence-electron chi connectivity index (χ3n) is 1.75. The standard InChI is InChI=1S/C9H10N2O3/c1-10-8-3-2-6(5-11-14)4-7(8)9(12)13/h2-5,10,14H,1H3,(H,12,13)/b11-5+. The Labute approximate surface area is 80.7 Å². The molecule has 14 heavy (non-hydrogen) atoms. The van der Waals surface area contributed by atoms with Gasteiger partial charge in [0.1, 0.15) is 0 Å². The van der Waals surface area contributed by atoms with E-state index in [0.717, 1.165) is 0 Å². The lowest BCUT2D eigenvalue weighted by Crippen LogP contribution is -2.03. The van der Waals surface area contributed by atoms with Crippen molar-refractivity contribution in [1.29, 1.82) is 0 Å². The number of nitrogens with zero attached hydrogens (tertiary/aromatic N) is 1. The van der Waals surface area contributed by atoms with Crippen LogP contribution in [0, 0.1) is 0 Å². The molecule has 0 amide bonds. The molecule has 0 bridgehead atoms. The average Bonchev–Trinajstić information content (AvgIpc) is 2.18. The number of anilines is 1. The number of carboxylic acids is 1. The molecule has 5 heteroatoms. The highest BCUT2D eigenvalue weighted by atomic mass is 16.4. The van der Waals surface area contributed by atoms with E-state index in [4.69, 9.17) is 10.3 Å². The summed E-state index contributed by atoms with van der Waals surface area (Å²) in [5.41, 5.74) is 1.20. The summed E-state index contributed by atoms with van der Waals surface area (Å²) >= 11 is 0. The van der Waals surface area contributed by atoms with Crippen LogP contribution < -0.4 is 5.32 Å². The molecule has 0 spiro atoms. The zero-order valence-corrected chi connectivity index (χ0v) is 7.56. The molecular formula is C9H10N2O3. The molecule has 3 N–H and O–H groups in total. The van der Waals surface area contributed by atoms with Crippen molar-refractivity contribution in [3.05, 3.63) is 29.3 Å². The summed E-state index contributed by atoms with van der Waals surface area (Å²) in [7, 11) is 1.64. The molecule has 0 aliphatic heterocycles. The molecule has 0 saturated heterocycles. The third-order valence-corrected chi connectivity index (χ3v) is 1.75. The van der Waals surface area contributed by atoms with Gasteiger partial charge in [0, 0.05) is 12.7 Å². The zero-order chi connectivity index (χ0) is 10.6. The Morgan fingerprint density at radius 3 is 2.79 bits per heavy atom. The fraction of sp³-hybridized carbons (Fsp3) is 0.111. The molecule has 0 atom stereocenters. The monoisotopic (exact) mass is 194 g/mol. The Morgan fingerprint density at radius 1 is 1.57 bits per heavy atom. The van der Waals surface area contributed by atoms with Gasteiger partial charge in [-0.1, -0.05) is 11.2 Å². The van der Waals surface area contributed by atoms with Crippen molar-refractivity contribution < 1.29 is 15.1 Å². The largest absolute Gasteiger partial charge is 0.478 e. The SMILES string of the molecule is CNc1ccc(/C=N/O)cc1C(=O)O. The Hall–Kier alpha value is -2.04. The first-order valence-corrected chi connectivity index (χ1v) is 3.91. The molecule has 1 aromatic carbocycles. The quantitative estimate of drug-likeness (QED) is 0.384. The molecule has 0 fully saturated rings. The lowest BCUT2D eigenvalue weighted by atomic mass is 10.1. The maximum Gasteiger partial charge on any atom is 0.337 e. The van der Waals surface area contributed by atoms with Gasteiger partial charge in [-0.15, -0.1) is 0 Å². The van der Waals surface area contributed by atoms with Gasteiger partial charge in [0.15, 0.2) is 0 Å². The van der Waals surface area contributed by atoms with Crippen molar-refractivity contribution in [3.8, 4) is 0 Å². The molecule has 5 nitrogen and oxygen atoms in total.